The summed E-state index contributed by atoms with van der Waals surface area (Å²) in [6.07, 6.45) is 1.84. The smallest absolute Gasteiger partial charge is 0.338 e. The van der Waals surface area contributed by atoms with Crippen molar-refractivity contribution in [3.63, 3.8) is 0 Å². The van der Waals surface area contributed by atoms with E-state index in [0.717, 1.165) is 17.4 Å². The van der Waals surface area contributed by atoms with Gasteiger partial charge in [-0.15, -0.1) is 0 Å². The normalized spacial score (nSPS) is 13.3. The summed E-state index contributed by atoms with van der Waals surface area (Å²) in [5.41, 5.74) is 0.450. The third-order valence-electron chi connectivity index (χ3n) is 5.76. The molecule has 33 heavy (non-hydrogen) atoms. The van der Waals surface area contributed by atoms with Gasteiger partial charge < -0.3 is 4.74 Å². The molecule has 0 spiro atoms. The maximum atomic E-state index is 13.8. The fraction of sp³-hybridized carbons (Fsp3) is 0.200. The summed E-state index contributed by atoms with van der Waals surface area (Å²) in [6.45, 7) is -0.164. The SMILES string of the molecule is COC(=O)c1cc(C2CC2)nc2c1c(=O)n(Cc1cccc(F)c1)c(=O)n2-c1ccccc1. The van der Waals surface area contributed by atoms with Gasteiger partial charge in [-0.25, -0.2) is 23.5 Å². The van der Waals surface area contributed by atoms with Crippen LogP contribution in [0.25, 0.3) is 16.7 Å². The predicted molar refractivity (Wildman–Crippen MR) is 120 cm³/mol. The molecule has 2 aromatic heterocycles. The summed E-state index contributed by atoms with van der Waals surface area (Å²) in [5, 5.41) is -0.00824. The molecule has 4 aromatic rings. The van der Waals surface area contributed by atoms with E-state index in [1.807, 2.05) is 6.07 Å². The zero-order valence-corrected chi connectivity index (χ0v) is 17.8. The number of esters is 1. The van der Waals surface area contributed by atoms with E-state index < -0.39 is 23.0 Å². The highest BCUT2D eigenvalue weighted by molar-refractivity contribution is 6.02. The third-order valence-corrected chi connectivity index (χ3v) is 5.76. The Morgan fingerprint density at radius 2 is 1.85 bits per heavy atom. The number of para-hydroxylation sites is 1. The van der Waals surface area contributed by atoms with Crippen molar-refractivity contribution in [3.05, 3.63) is 104 Å². The lowest BCUT2D eigenvalue weighted by molar-refractivity contribution is 0.0602. The molecule has 7 nitrogen and oxygen atoms in total. The summed E-state index contributed by atoms with van der Waals surface area (Å²) < 4.78 is 21.0. The van der Waals surface area contributed by atoms with Gasteiger partial charge in [0.2, 0.25) is 0 Å². The van der Waals surface area contributed by atoms with Crippen LogP contribution in [0.15, 0.2) is 70.3 Å². The van der Waals surface area contributed by atoms with Crippen LogP contribution in [-0.4, -0.2) is 27.2 Å². The summed E-state index contributed by atoms with van der Waals surface area (Å²) in [4.78, 5) is 44.5. The molecule has 2 heterocycles. The van der Waals surface area contributed by atoms with Crippen LogP contribution >= 0.6 is 0 Å². The van der Waals surface area contributed by atoms with Gasteiger partial charge in [0.1, 0.15) is 5.82 Å². The number of nitrogens with zero attached hydrogens (tertiary/aromatic N) is 3. The number of halogens is 1. The van der Waals surface area contributed by atoms with Crippen molar-refractivity contribution in [2.24, 2.45) is 0 Å². The molecular weight excluding hydrogens is 425 g/mol. The number of rotatable bonds is 5. The Bertz CT molecular complexity index is 1500. The average Bonchev–Trinajstić information content (AvgIpc) is 3.67. The quantitative estimate of drug-likeness (QED) is 0.440. The van der Waals surface area contributed by atoms with Gasteiger partial charge in [0.05, 0.1) is 30.3 Å². The Labute approximate surface area is 187 Å². The number of carbonyl (C=O) groups excluding carboxylic acids is 1. The van der Waals surface area contributed by atoms with Crippen LogP contribution in [0, 0.1) is 5.82 Å². The zero-order valence-electron chi connectivity index (χ0n) is 17.8. The van der Waals surface area contributed by atoms with Crippen LogP contribution in [0.3, 0.4) is 0 Å². The van der Waals surface area contributed by atoms with Crippen molar-refractivity contribution in [3.8, 4) is 5.69 Å². The first-order valence-electron chi connectivity index (χ1n) is 10.6. The predicted octanol–water partition coefficient (Wildman–Crippen LogP) is 3.40. The maximum Gasteiger partial charge on any atom is 0.338 e. The van der Waals surface area contributed by atoms with Crippen LogP contribution in [0.5, 0.6) is 0 Å². The van der Waals surface area contributed by atoms with E-state index >= 15 is 0 Å². The van der Waals surface area contributed by atoms with Crippen LogP contribution in [0.4, 0.5) is 4.39 Å². The van der Waals surface area contributed by atoms with Gasteiger partial charge in [-0.1, -0.05) is 30.3 Å². The number of pyridine rings is 1. The van der Waals surface area contributed by atoms with Crippen LogP contribution < -0.4 is 11.2 Å². The van der Waals surface area contributed by atoms with E-state index in [2.05, 4.69) is 4.98 Å². The summed E-state index contributed by atoms with van der Waals surface area (Å²) in [6, 6.07) is 16.1. The van der Waals surface area contributed by atoms with Crippen LogP contribution in [-0.2, 0) is 11.3 Å². The highest BCUT2D eigenvalue weighted by Gasteiger charge is 2.30. The number of hydrogen-bond acceptors (Lipinski definition) is 5. The molecule has 0 N–H and O–H groups in total. The fourth-order valence-corrected chi connectivity index (χ4v) is 3.98. The van der Waals surface area contributed by atoms with Gasteiger partial charge in [-0.05, 0) is 48.7 Å². The molecule has 1 saturated carbocycles. The largest absolute Gasteiger partial charge is 0.465 e. The highest BCUT2D eigenvalue weighted by Crippen LogP contribution is 2.40. The average molecular weight is 445 g/mol. The van der Waals surface area contributed by atoms with Crippen molar-refractivity contribution in [1.82, 2.24) is 14.1 Å². The molecule has 2 aromatic carbocycles. The molecular formula is C25H20FN3O4. The molecule has 1 aliphatic carbocycles. The van der Waals surface area contributed by atoms with Gasteiger partial charge in [0.25, 0.3) is 5.56 Å². The molecule has 1 fully saturated rings. The van der Waals surface area contributed by atoms with Crippen molar-refractivity contribution in [2.75, 3.05) is 7.11 Å². The monoisotopic (exact) mass is 445 g/mol. The van der Waals surface area contributed by atoms with Crippen LogP contribution in [0.2, 0.25) is 0 Å². The number of aromatic nitrogens is 3. The highest BCUT2D eigenvalue weighted by atomic mass is 19.1. The van der Waals surface area contributed by atoms with E-state index in [9.17, 15) is 18.8 Å². The Kier molecular flexibility index (Phi) is 5.12. The second-order valence-corrected chi connectivity index (χ2v) is 8.03. The molecule has 0 unspecified atom stereocenters. The molecule has 8 heteroatoms. The Morgan fingerprint density at radius 1 is 1.09 bits per heavy atom. The standard InChI is InChI=1S/C25H20FN3O4/c1-33-24(31)19-13-20(16-10-11-16)27-22-21(19)23(30)28(14-15-6-5-7-17(26)12-15)25(32)29(22)18-8-3-2-4-9-18/h2-9,12-13,16H,10-11,14H2,1H3. The molecule has 1 aliphatic rings. The number of methoxy groups -OCH3 is 1. The molecule has 0 amide bonds. The number of ether oxygens (including phenoxy) is 1. The fourth-order valence-electron chi connectivity index (χ4n) is 3.98. The maximum absolute atomic E-state index is 13.8. The lowest BCUT2D eigenvalue weighted by Crippen LogP contribution is -2.41. The summed E-state index contributed by atoms with van der Waals surface area (Å²) in [5.74, 6) is -0.987. The first-order chi connectivity index (χ1) is 16.0. The van der Waals surface area contributed by atoms with Gasteiger partial charge in [-0.2, -0.15) is 0 Å². The van der Waals surface area contributed by atoms with E-state index in [-0.39, 0.29) is 29.1 Å². The van der Waals surface area contributed by atoms with E-state index in [1.54, 1.807) is 36.4 Å². The number of fused-ring (bicyclic) bond motifs is 1. The van der Waals surface area contributed by atoms with Crippen LogP contribution in [0.1, 0.15) is 40.4 Å². The van der Waals surface area contributed by atoms with Gasteiger partial charge >= 0.3 is 11.7 Å². The molecule has 166 valence electrons. The Morgan fingerprint density at radius 3 is 2.52 bits per heavy atom. The summed E-state index contributed by atoms with van der Waals surface area (Å²) >= 11 is 0. The second-order valence-electron chi connectivity index (χ2n) is 8.03. The van der Waals surface area contributed by atoms with Crippen molar-refractivity contribution < 1.29 is 13.9 Å². The molecule has 0 saturated heterocycles. The van der Waals surface area contributed by atoms with Crippen molar-refractivity contribution >= 4 is 17.0 Å². The molecule has 0 atom stereocenters. The van der Waals surface area contributed by atoms with E-state index in [0.29, 0.717) is 16.9 Å². The zero-order chi connectivity index (χ0) is 23.1. The third kappa shape index (κ3) is 3.73. The van der Waals surface area contributed by atoms with Crippen molar-refractivity contribution in [2.45, 2.75) is 25.3 Å². The molecule has 0 bridgehead atoms. The number of carbonyl (C=O) groups is 1. The topological polar surface area (TPSA) is 83.2 Å². The minimum absolute atomic E-state index is 0.00824. The first-order valence-corrected chi connectivity index (χ1v) is 10.6. The van der Waals surface area contributed by atoms with E-state index in [1.165, 1.54) is 29.9 Å². The van der Waals surface area contributed by atoms with Crippen molar-refractivity contribution in [1.29, 1.82) is 0 Å². The van der Waals surface area contributed by atoms with E-state index in [4.69, 9.17) is 4.74 Å². The minimum Gasteiger partial charge on any atom is -0.465 e. The van der Waals surface area contributed by atoms with Gasteiger partial charge in [0, 0.05) is 11.6 Å². The summed E-state index contributed by atoms with van der Waals surface area (Å²) in [7, 11) is 1.24. The Balaban J connectivity index is 1.89. The Hall–Kier alpha value is -4.07. The lowest BCUT2D eigenvalue weighted by atomic mass is 10.1. The molecule has 0 aliphatic heterocycles. The molecule has 5 rings (SSSR count). The number of benzene rings is 2. The minimum atomic E-state index is -0.683. The molecule has 0 radical (unpaired) electrons. The number of hydrogen-bond donors (Lipinski definition) is 0. The van der Waals surface area contributed by atoms with Gasteiger partial charge in [-0.3, -0.25) is 9.36 Å². The first kappa shape index (κ1) is 20.8. The van der Waals surface area contributed by atoms with Gasteiger partial charge in [0.15, 0.2) is 5.65 Å². The lowest BCUT2D eigenvalue weighted by Gasteiger charge is -2.16. The second kappa shape index (κ2) is 8.12.